The molecule has 4 nitrogen and oxygen atoms in total. The molecular formula is C27H44O4. The van der Waals surface area contributed by atoms with Crippen LogP contribution in [-0.2, 0) is 14.3 Å². The summed E-state index contributed by atoms with van der Waals surface area (Å²) >= 11 is 0. The van der Waals surface area contributed by atoms with Crippen molar-refractivity contribution in [1.29, 1.82) is 0 Å². The number of aliphatic hydroxyl groups excluding tert-OH is 1. The molecule has 0 heterocycles. The molecule has 4 saturated carbocycles. The summed E-state index contributed by atoms with van der Waals surface area (Å²) in [6.45, 7) is 9.42. The zero-order valence-corrected chi connectivity index (χ0v) is 20.4. The molecule has 0 saturated heterocycles. The number of Topliss-reactive ketones (excluding diaryl/α,β-unsaturated/α-hetero) is 1. The Balaban J connectivity index is 1.59. The number of rotatable bonds is 5. The maximum Gasteiger partial charge on any atom is 0.305 e. The highest BCUT2D eigenvalue weighted by Gasteiger charge is 2.65. The van der Waals surface area contributed by atoms with E-state index in [0.29, 0.717) is 41.8 Å². The van der Waals surface area contributed by atoms with Gasteiger partial charge >= 0.3 is 5.97 Å². The molecule has 0 amide bonds. The summed E-state index contributed by atoms with van der Waals surface area (Å²) in [5.41, 5.74) is 0.413. The number of aliphatic hydroxyl groups is 1. The average Bonchev–Trinajstić information content (AvgIpc) is 3.10. The highest BCUT2D eigenvalue weighted by molar-refractivity contribution is 5.86. The van der Waals surface area contributed by atoms with E-state index < -0.39 is 0 Å². The quantitative estimate of drug-likeness (QED) is 0.590. The van der Waals surface area contributed by atoms with Gasteiger partial charge in [-0.25, -0.2) is 0 Å². The van der Waals surface area contributed by atoms with E-state index in [9.17, 15) is 14.7 Å². The highest BCUT2D eigenvalue weighted by atomic mass is 16.5. The van der Waals surface area contributed by atoms with E-state index in [2.05, 4.69) is 27.7 Å². The van der Waals surface area contributed by atoms with Crippen LogP contribution in [0.2, 0.25) is 0 Å². The molecule has 176 valence electrons. The lowest BCUT2D eigenvalue weighted by atomic mass is 9.42. The number of carbonyl (C=O) groups is 2. The minimum atomic E-state index is -0.225. The Morgan fingerprint density at radius 2 is 1.77 bits per heavy atom. The van der Waals surface area contributed by atoms with Crippen LogP contribution in [0.3, 0.4) is 0 Å². The first-order chi connectivity index (χ1) is 14.7. The van der Waals surface area contributed by atoms with Crippen molar-refractivity contribution in [3.05, 3.63) is 0 Å². The van der Waals surface area contributed by atoms with Crippen molar-refractivity contribution in [2.45, 2.75) is 98.0 Å². The third-order valence-corrected chi connectivity index (χ3v) is 10.9. The summed E-state index contributed by atoms with van der Waals surface area (Å²) in [6, 6.07) is 0. The van der Waals surface area contributed by atoms with Gasteiger partial charge in [-0.1, -0.05) is 27.7 Å². The van der Waals surface area contributed by atoms with Gasteiger partial charge in [0, 0.05) is 18.3 Å². The number of carbonyl (C=O) groups excluding carboxylic acids is 2. The van der Waals surface area contributed by atoms with E-state index in [1.165, 1.54) is 20.0 Å². The van der Waals surface area contributed by atoms with Crippen LogP contribution >= 0.6 is 0 Å². The minimum Gasteiger partial charge on any atom is -0.469 e. The first-order valence-electron chi connectivity index (χ1n) is 13.0. The Morgan fingerprint density at radius 1 is 1.10 bits per heavy atom. The Morgan fingerprint density at radius 3 is 2.45 bits per heavy atom. The van der Waals surface area contributed by atoms with Crippen molar-refractivity contribution in [3.63, 3.8) is 0 Å². The standard InChI is InChI=1S/C27H44O4/c1-6-18-22-15-17(28)11-13-27(22,4)21-12-14-26(3)19(16(2)7-10-23(29)31-5)8-9-20(26)24(21)25(18)30/h16-22,24,28H,6-15H2,1-5H3/t16-,17-,18-,19?,20+,21?,22+,24?,26-,27-/m1/s1. The predicted octanol–water partition coefficient (Wildman–Crippen LogP) is 5.41. The smallest absolute Gasteiger partial charge is 0.305 e. The monoisotopic (exact) mass is 432 g/mol. The summed E-state index contributed by atoms with van der Waals surface area (Å²) in [6.07, 6.45) is 9.59. The lowest BCUT2D eigenvalue weighted by molar-refractivity contribution is -0.173. The van der Waals surface area contributed by atoms with Gasteiger partial charge in [0.15, 0.2) is 0 Å². The Hall–Kier alpha value is -0.900. The van der Waals surface area contributed by atoms with E-state index in [1.807, 2.05) is 0 Å². The molecule has 0 aromatic rings. The van der Waals surface area contributed by atoms with E-state index in [0.717, 1.165) is 44.9 Å². The Kier molecular flexibility index (Phi) is 6.35. The summed E-state index contributed by atoms with van der Waals surface area (Å²) in [5, 5.41) is 10.4. The minimum absolute atomic E-state index is 0.109. The molecule has 0 aliphatic heterocycles. The molecule has 1 N–H and O–H groups in total. The number of methoxy groups -OCH3 is 1. The van der Waals surface area contributed by atoms with Crippen LogP contribution in [0.25, 0.3) is 0 Å². The van der Waals surface area contributed by atoms with Crippen LogP contribution in [0.15, 0.2) is 0 Å². The lowest BCUT2D eigenvalue weighted by Crippen LogP contribution is -2.60. The van der Waals surface area contributed by atoms with Crippen molar-refractivity contribution >= 4 is 11.8 Å². The molecule has 4 aliphatic carbocycles. The van der Waals surface area contributed by atoms with Gasteiger partial charge < -0.3 is 9.84 Å². The molecule has 4 heteroatoms. The fourth-order valence-corrected chi connectivity index (χ4v) is 9.26. The molecular weight excluding hydrogens is 388 g/mol. The zero-order valence-electron chi connectivity index (χ0n) is 20.4. The second-order valence-electron chi connectivity index (χ2n) is 12.0. The average molecular weight is 433 g/mol. The van der Waals surface area contributed by atoms with Crippen LogP contribution in [0.4, 0.5) is 0 Å². The summed E-state index contributed by atoms with van der Waals surface area (Å²) in [7, 11) is 1.47. The lowest BCUT2D eigenvalue weighted by Gasteiger charge is -2.62. The first kappa shape index (κ1) is 23.3. The predicted molar refractivity (Wildman–Crippen MR) is 121 cm³/mol. The molecule has 0 aromatic carbocycles. The first-order valence-corrected chi connectivity index (χ1v) is 13.0. The van der Waals surface area contributed by atoms with Crippen molar-refractivity contribution in [2.75, 3.05) is 7.11 Å². The second-order valence-corrected chi connectivity index (χ2v) is 12.0. The zero-order chi connectivity index (χ0) is 22.6. The van der Waals surface area contributed by atoms with E-state index in [4.69, 9.17) is 4.74 Å². The van der Waals surface area contributed by atoms with Crippen molar-refractivity contribution in [3.8, 4) is 0 Å². The number of ether oxygens (including phenoxy) is 1. The Bertz CT molecular complexity index is 703. The van der Waals surface area contributed by atoms with Gasteiger partial charge in [0.25, 0.3) is 0 Å². The summed E-state index contributed by atoms with van der Waals surface area (Å²) < 4.78 is 4.87. The van der Waals surface area contributed by atoms with Gasteiger partial charge in [0.2, 0.25) is 0 Å². The van der Waals surface area contributed by atoms with Crippen LogP contribution in [-0.4, -0.2) is 30.1 Å². The van der Waals surface area contributed by atoms with Gasteiger partial charge in [-0.15, -0.1) is 0 Å². The highest BCUT2D eigenvalue weighted by Crippen LogP contribution is 2.68. The number of esters is 1. The van der Waals surface area contributed by atoms with Crippen molar-refractivity contribution < 1.29 is 19.4 Å². The molecule has 3 unspecified atom stereocenters. The second kappa shape index (κ2) is 8.47. The molecule has 10 atom stereocenters. The number of fused-ring (bicyclic) bond motifs is 5. The molecule has 0 aromatic heterocycles. The largest absolute Gasteiger partial charge is 0.469 e. The van der Waals surface area contributed by atoms with Gasteiger partial charge in [-0.2, -0.15) is 0 Å². The summed E-state index contributed by atoms with van der Waals surface area (Å²) in [4.78, 5) is 25.7. The number of ketones is 1. The van der Waals surface area contributed by atoms with Crippen LogP contribution < -0.4 is 0 Å². The fraction of sp³-hybridized carbons (Fsp3) is 0.926. The van der Waals surface area contributed by atoms with Gasteiger partial charge in [-0.3, -0.25) is 9.59 Å². The van der Waals surface area contributed by atoms with Crippen LogP contribution in [0.1, 0.15) is 91.9 Å². The normalized spacial score (nSPS) is 47.8. The Labute approximate surface area is 188 Å². The molecule has 0 spiro atoms. The van der Waals surface area contributed by atoms with Crippen molar-refractivity contribution in [1.82, 2.24) is 0 Å². The van der Waals surface area contributed by atoms with Crippen LogP contribution in [0.5, 0.6) is 0 Å². The topological polar surface area (TPSA) is 63.6 Å². The molecule has 4 fully saturated rings. The number of hydrogen-bond acceptors (Lipinski definition) is 4. The van der Waals surface area contributed by atoms with E-state index >= 15 is 0 Å². The maximum absolute atomic E-state index is 14.0. The van der Waals surface area contributed by atoms with Gasteiger partial charge in [0.1, 0.15) is 5.78 Å². The fourth-order valence-electron chi connectivity index (χ4n) is 9.26. The summed E-state index contributed by atoms with van der Waals surface area (Å²) in [5.74, 6) is 3.16. The SMILES string of the molecule is CC[C@H]1C(=O)C2C(CC[C@]3(C)C([C@H](C)CCC(=O)OC)CC[C@@H]23)[C@@]2(C)CC[C@@H](O)C[C@@H]12. The van der Waals surface area contributed by atoms with E-state index in [-0.39, 0.29) is 34.7 Å². The van der Waals surface area contributed by atoms with Gasteiger partial charge in [0.05, 0.1) is 13.2 Å². The van der Waals surface area contributed by atoms with Gasteiger partial charge in [-0.05, 0) is 98.2 Å². The molecule has 4 rings (SSSR count). The molecule has 0 bridgehead atoms. The molecule has 31 heavy (non-hydrogen) atoms. The third kappa shape index (κ3) is 3.60. The third-order valence-electron chi connectivity index (χ3n) is 10.9. The van der Waals surface area contributed by atoms with Crippen LogP contribution in [0, 0.1) is 52.3 Å². The van der Waals surface area contributed by atoms with E-state index in [1.54, 1.807) is 0 Å². The molecule has 4 aliphatic rings. The maximum atomic E-state index is 14.0. The number of hydrogen-bond donors (Lipinski definition) is 1. The van der Waals surface area contributed by atoms with Crippen molar-refractivity contribution in [2.24, 2.45) is 52.3 Å². The molecule has 0 radical (unpaired) electrons.